The molecule has 0 radical (unpaired) electrons. The van der Waals surface area contributed by atoms with E-state index >= 15 is 0 Å². The maximum absolute atomic E-state index is 13.6. The first-order valence-electron chi connectivity index (χ1n) is 13.2. The quantitative estimate of drug-likeness (QED) is 0.464. The van der Waals surface area contributed by atoms with Gasteiger partial charge in [-0.05, 0) is 49.1 Å². The van der Waals surface area contributed by atoms with Crippen LogP contribution in [0.1, 0.15) is 79.2 Å². The topological polar surface area (TPSA) is 124 Å². The summed E-state index contributed by atoms with van der Waals surface area (Å²) >= 11 is 0. The predicted molar refractivity (Wildman–Crippen MR) is 142 cm³/mol. The van der Waals surface area contributed by atoms with Gasteiger partial charge in [0.15, 0.2) is 5.96 Å². The van der Waals surface area contributed by atoms with Crippen LogP contribution in [0.2, 0.25) is 0 Å². The molecule has 38 heavy (non-hydrogen) atoms. The molecule has 9 heteroatoms. The van der Waals surface area contributed by atoms with E-state index in [-0.39, 0.29) is 30.8 Å². The standard InChI is InChI=1S/C29H36N4O5/c1-5-29(6-2)15-23(35)33(27(30)32-29)25-20-13-18(11-12-22(20)38-16-28(25,3)37-4)26(36)31-24-19-10-8-7-9-17(19)14-21(24)34/h7-13,21,24-25,34H,5-6,14-16H2,1-4H3,(H2,30,32)(H,31,36)/t21-,24-,25?,28?/m1/s1. The highest BCUT2D eigenvalue weighted by molar-refractivity contribution is 6.00. The van der Waals surface area contributed by atoms with Gasteiger partial charge >= 0.3 is 0 Å². The lowest BCUT2D eigenvalue weighted by atomic mass is 9.82. The molecule has 0 saturated carbocycles. The van der Waals surface area contributed by atoms with Gasteiger partial charge in [-0.3, -0.25) is 19.9 Å². The number of aliphatic hydroxyl groups excluding tert-OH is 1. The average molecular weight is 521 g/mol. The van der Waals surface area contributed by atoms with Crippen molar-refractivity contribution >= 4 is 17.8 Å². The van der Waals surface area contributed by atoms with Crippen LogP contribution in [0, 0.1) is 5.41 Å². The van der Waals surface area contributed by atoms with Crippen molar-refractivity contribution in [1.82, 2.24) is 15.5 Å². The molecule has 2 aromatic rings. The Balaban J connectivity index is 1.49. The Bertz CT molecular complexity index is 1260. The zero-order chi connectivity index (χ0) is 27.2. The number of carbonyl (C=O) groups is 2. The maximum atomic E-state index is 13.6. The first kappa shape index (κ1) is 26.2. The normalized spacial score (nSPS) is 27.7. The summed E-state index contributed by atoms with van der Waals surface area (Å²) in [6, 6.07) is 11.6. The molecule has 202 valence electrons. The van der Waals surface area contributed by atoms with Crippen LogP contribution >= 0.6 is 0 Å². The summed E-state index contributed by atoms with van der Waals surface area (Å²) in [6.45, 7) is 6.06. The highest BCUT2D eigenvalue weighted by Gasteiger charge is 2.51. The smallest absolute Gasteiger partial charge is 0.251 e. The molecular formula is C29H36N4O5. The number of fused-ring (bicyclic) bond motifs is 2. The number of benzene rings is 2. The lowest BCUT2D eigenvalue weighted by Gasteiger charge is -2.50. The minimum atomic E-state index is -0.954. The van der Waals surface area contributed by atoms with E-state index in [1.54, 1.807) is 25.3 Å². The third-order valence-corrected chi connectivity index (χ3v) is 8.61. The van der Waals surface area contributed by atoms with E-state index < -0.39 is 29.3 Å². The van der Waals surface area contributed by atoms with Crippen LogP contribution in [-0.2, 0) is 16.0 Å². The number of aliphatic hydroxyl groups is 1. The summed E-state index contributed by atoms with van der Waals surface area (Å²) < 4.78 is 11.9. The molecule has 3 aliphatic rings. The molecule has 9 nitrogen and oxygen atoms in total. The predicted octanol–water partition coefficient (Wildman–Crippen LogP) is 3.23. The number of nitrogens with zero attached hydrogens (tertiary/aromatic N) is 1. The zero-order valence-corrected chi connectivity index (χ0v) is 22.3. The molecule has 1 saturated heterocycles. The minimum absolute atomic E-state index is 0.0200. The number of rotatable bonds is 6. The number of methoxy groups -OCH3 is 1. The second kappa shape index (κ2) is 9.71. The molecule has 1 aliphatic carbocycles. The molecule has 1 fully saturated rings. The van der Waals surface area contributed by atoms with Crippen LogP contribution in [0.3, 0.4) is 0 Å². The summed E-state index contributed by atoms with van der Waals surface area (Å²) in [6.07, 6.45) is 1.47. The Morgan fingerprint density at radius 1 is 1.24 bits per heavy atom. The molecule has 0 bridgehead atoms. The lowest BCUT2D eigenvalue weighted by Crippen LogP contribution is -2.66. The third-order valence-electron chi connectivity index (χ3n) is 8.61. The number of amides is 2. The Morgan fingerprint density at radius 2 is 1.97 bits per heavy atom. The number of nitrogens with one attached hydrogen (secondary N) is 3. The van der Waals surface area contributed by atoms with Crippen molar-refractivity contribution in [2.75, 3.05) is 13.7 Å². The summed E-state index contributed by atoms with van der Waals surface area (Å²) in [5, 5.41) is 25.7. The maximum Gasteiger partial charge on any atom is 0.251 e. The summed E-state index contributed by atoms with van der Waals surface area (Å²) in [7, 11) is 1.56. The fourth-order valence-electron chi connectivity index (χ4n) is 6.02. The fraction of sp³-hybridized carbons (Fsp3) is 0.483. The number of guanidine groups is 1. The van der Waals surface area contributed by atoms with Gasteiger partial charge in [-0.15, -0.1) is 0 Å². The highest BCUT2D eigenvalue weighted by Crippen LogP contribution is 2.45. The fourth-order valence-corrected chi connectivity index (χ4v) is 6.02. The van der Waals surface area contributed by atoms with Crippen LogP contribution < -0.4 is 15.4 Å². The Kier molecular flexibility index (Phi) is 6.69. The second-order valence-electron chi connectivity index (χ2n) is 10.8. The van der Waals surface area contributed by atoms with E-state index in [0.29, 0.717) is 23.3 Å². The monoisotopic (exact) mass is 520 g/mol. The number of hydrogen-bond donors (Lipinski definition) is 4. The molecule has 5 rings (SSSR count). The van der Waals surface area contributed by atoms with Crippen molar-refractivity contribution in [3.8, 4) is 5.75 Å². The van der Waals surface area contributed by atoms with Crippen molar-refractivity contribution in [2.24, 2.45) is 0 Å². The van der Waals surface area contributed by atoms with Crippen LogP contribution in [-0.4, -0.2) is 58.7 Å². The average Bonchev–Trinajstić information content (AvgIpc) is 3.23. The molecule has 2 unspecified atom stereocenters. The van der Waals surface area contributed by atoms with E-state index in [4.69, 9.17) is 14.9 Å². The van der Waals surface area contributed by atoms with Crippen molar-refractivity contribution in [2.45, 2.75) is 75.8 Å². The van der Waals surface area contributed by atoms with E-state index in [9.17, 15) is 14.7 Å². The number of carbonyl (C=O) groups excluding carboxylic acids is 2. The number of hydrogen-bond acceptors (Lipinski definition) is 6. The third kappa shape index (κ3) is 4.23. The van der Waals surface area contributed by atoms with Gasteiger partial charge in [0, 0.05) is 30.2 Å². The van der Waals surface area contributed by atoms with Gasteiger partial charge < -0.3 is 25.2 Å². The first-order chi connectivity index (χ1) is 18.1. The first-order valence-corrected chi connectivity index (χ1v) is 13.2. The molecule has 2 aliphatic heterocycles. The summed E-state index contributed by atoms with van der Waals surface area (Å²) in [5.41, 5.74) is 1.49. The Labute approximate surface area is 223 Å². The van der Waals surface area contributed by atoms with E-state index in [1.165, 1.54) is 4.90 Å². The highest BCUT2D eigenvalue weighted by atomic mass is 16.5. The van der Waals surface area contributed by atoms with Crippen LogP contribution in [0.4, 0.5) is 0 Å². The van der Waals surface area contributed by atoms with Crippen molar-refractivity contribution in [1.29, 1.82) is 5.41 Å². The molecule has 2 aromatic carbocycles. The molecule has 4 atom stereocenters. The Hall–Kier alpha value is -3.43. The van der Waals surface area contributed by atoms with Gasteiger partial charge in [-0.1, -0.05) is 38.1 Å². The Morgan fingerprint density at radius 3 is 2.66 bits per heavy atom. The van der Waals surface area contributed by atoms with Gasteiger partial charge in [0.1, 0.15) is 24.0 Å². The SMILES string of the molecule is CCC1(CC)CC(=O)N(C2c3cc(C(=O)N[C@@H]4c5ccccc5C[C@H]4O)ccc3OCC2(C)OC)C(=N)N1. The molecule has 4 N–H and O–H groups in total. The van der Waals surface area contributed by atoms with Crippen molar-refractivity contribution < 1.29 is 24.2 Å². The zero-order valence-electron chi connectivity index (χ0n) is 22.3. The second-order valence-corrected chi connectivity index (χ2v) is 10.8. The molecule has 0 spiro atoms. The largest absolute Gasteiger partial charge is 0.490 e. The molecule has 0 aromatic heterocycles. The van der Waals surface area contributed by atoms with Gasteiger partial charge in [0.25, 0.3) is 5.91 Å². The summed E-state index contributed by atoms with van der Waals surface area (Å²) in [4.78, 5) is 28.5. The van der Waals surface area contributed by atoms with Gasteiger partial charge in [0.05, 0.1) is 18.6 Å². The molecular weight excluding hydrogens is 484 g/mol. The van der Waals surface area contributed by atoms with Gasteiger partial charge in [0.2, 0.25) is 5.91 Å². The molecule has 2 heterocycles. The van der Waals surface area contributed by atoms with Crippen LogP contribution in [0.5, 0.6) is 5.75 Å². The van der Waals surface area contributed by atoms with Gasteiger partial charge in [-0.2, -0.15) is 0 Å². The summed E-state index contributed by atoms with van der Waals surface area (Å²) in [5.74, 6) is 0.0487. The van der Waals surface area contributed by atoms with Crippen molar-refractivity contribution in [3.05, 3.63) is 64.7 Å². The lowest BCUT2D eigenvalue weighted by molar-refractivity contribution is -0.144. The van der Waals surface area contributed by atoms with E-state index in [1.807, 2.05) is 45.0 Å². The number of ether oxygens (including phenoxy) is 2. The minimum Gasteiger partial charge on any atom is -0.490 e. The van der Waals surface area contributed by atoms with E-state index in [2.05, 4.69) is 10.6 Å². The van der Waals surface area contributed by atoms with Gasteiger partial charge in [-0.25, -0.2) is 0 Å². The van der Waals surface area contributed by atoms with Crippen LogP contribution in [0.25, 0.3) is 0 Å². The van der Waals surface area contributed by atoms with E-state index in [0.717, 1.165) is 24.0 Å². The molecule has 2 amide bonds. The van der Waals surface area contributed by atoms with Crippen molar-refractivity contribution in [3.63, 3.8) is 0 Å². The van der Waals surface area contributed by atoms with Crippen LogP contribution in [0.15, 0.2) is 42.5 Å².